The van der Waals surface area contributed by atoms with Crippen LogP contribution >= 0.6 is 11.6 Å². The number of halogens is 1. The molecule has 0 saturated heterocycles. The van der Waals surface area contributed by atoms with E-state index < -0.39 is 11.7 Å². The summed E-state index contributed by atoms with van der Waals surface area (Å²) >= 11 is 5.94. The number of carbonyl (C=O) groups excluding carboxylic acids is 1. The maximum Gasteiger partial charge on any atom is 0.407 e. The molecule has 0 spiro atoms. The van der Waals surface area contributed by atoms with E-state index in [9.17, 15) is 9.59 Å². The van der Waals surface area contributed by atoms with Gasteiger partial charge in [0.2, 0.25) is 0 Å². The predicted octanol–water partition coefficient (Wildman–Crippen LogP) is 2.36. The predicted molar refractivity (Wildman–Crippen MR) is 69.9 cm³/mol. The molecule has 1 amide bonds. The molecule has 18 heavy (non-hydrogen) atoms. The Morgan fingerprint density at radius 1 is 1.50 bits per heavy atom. The standard InChI is InChI=1S/C12H17ClN2O3/c1-7-5-9(13)8(10(16)15-7)6-14-11(17)18-12(2,3)4/h5H,6H2,1-4H3,(H,14,17)(H,15,16). The quantitative estimate of drug-likeness (QED) is 0.868. The van der Waals surface area contributed by atoms with Crippen molar-refractivity contribution in [1.82, 2.24) is 10.3 Å². The third-order valence-electron chi connectivity index (χ3n) is 2.02. The van der Waals surface area contributed by atoms with E-state index in [1.165, 1.54) is 0 Å². The number of nitrogens with one attached hydrogen (secondary N) is 2. The van der Waals surface area contributed by atoms with Crippen molar-refractivity contribution < 1.29 is 9.53 Å². The van der Waals surface area contributed by atoms with Gasteiger partial charge in [-0.05, 0) is 33.8 Å². The van der Waals surface area contributed by atoms with Crippen LogP contribution in [0.15, 0.2) is 10.9 Å². The van der Waals surface area contributed by atoms with Gasteiger partial charge in [0.05, 0.1) is 17.1 Å². The number of H-pyrrole nitrogens is 1. The third-order valence-corrected chi connectivity index (χ3v) is 2.36. The molecule has 100 valence electrons. The second kappa shape index (κ2) is 5.44. The van der Waals surface area contributed by atoms with Crippen molar-refractivity contribution in [3.05, 3.63) is 32.7 Å². The summed E-state index contributed by atoms with van der Waals surface area (Å²) in [6, 6.07) is 1.63. The number of ether oxygens (including phenoxy) is 1. The fourth-order valence-corrected chi connectivity index (χ4v) is 1.63. The lowest BCUT2D eigenvalue weighted by molar-refractivity contribution is 0.0523. The first-order valence-electron chi connectivity index (χ1n) is 5.54. The Morgan fingerprint density at radius 3 is 2.61 bits per heavy atom. The van der Waals surface area contributed by atoms with E-state index in [2.05, 4.69) is 10.3 Å². The van der Waals surface area contributed by atoms with Crippen LogP contribution in [0.2, 0.25) is 5.02 Å². The van der Waals surface area contributed by atoms with Gasteiger partial charge in [-0.2, -0.15) is 0 Å². The third kappa shape index (κ3) is 4.41. The van der Waals surface area contributed by atoms with E-state index in [-0.39, 0.29) is 12.1 Å². The highest BCUT2D eigenvalue weighted by molar-refractivity contribution is 6.31. The maximum atomic E-state index is 11.6. The van der Waals surface area contributed by atoms with Gasteiger partial charge >= 0.3 is 6.09 Å². The van der Waals surface area contributed by atoms with Crippen molar-refractivity contribution in [3.8, 4) is 0 Å². The Balaban J connectivity index is 2.70. The summed E-state index contributed by atoms with van der Waals surface area (Å²) in [7, 11) is 0. The van der Waals surface area contributed by atoms with Crippen LogP contribution in [0.1, 0.15) is 32.0 Å². The van der Waals surface area contributed by atoms with Crippen molar-refractivity contribution >= 4 is 17.7 Å². The zero-order valence-electron chi connectivity index (χ0n) is 10.9. The molecule has 0 atom stereocenters. The molecule has 0 unspecified atom stereocenters. The summed E-state index contributed by atoms with van der Waals surface area (Å²) in [5, 5.41) is 2.82. The molecule has 0 bridgehead atoms. The average Bonchev–Trinajstić information content (AvgIpc) is 2.12. The largest absolute Gasteiger partial charge is 0.444 e. The number of aromatic amines is 1. The molecular weight excluding hydrogens is 256 g/mol. The van der Waals surface area contributed by atoms with E-state index in [1.807, 2.05) is 0 Å². The summed E-state index contributed by atoms with van der Waals surface area (Å²) in [6.07, 6.45) is -0.585. The number of aromatic nitrogens is 1. The maximum absolute atomic E-state index is 11.6. The lowest BCUT2D eigenvalue weighted by atomic mass is 10.2. The zero-order chi connectivity index (χ0) is 13.9. The van der Waals surface area contributed by atoms with Gasteiger partial charge in [-0.15, -0.1) is 0 Å². The van der Waals surface area contributed by atoms with Crippen LogP contribution in [-0.4, -0.2) is 16.7 Å². The number of hydrogen-bond acceptors (Lipinski definition) is 3. The molecule has 0 radical (unpaired) electrons. The van der Waals surface area contributed by atoms with E-state index in [4.69, 9.17) is 16.3 Å². The molecule has 0 saturated carbocycles. The van der Waals surface area contributed by atoms with Crippen molar-refractivity contribution in [2.75, 3.05) is 0 Å². The molecular formula is C12H17ClN2O3. The van der Waals surface area contributed by atoms with Crippen molar-refractivity contribution in [3.63, 3.8) is 0 Å². The van der Waals surface area contributed by atoms with Gasteiger partial charge < -0.3 is 15.0 Å². The number of rotatable bonds is 2. The van der Waals surface area contributed by atoms with E-state index >= 15 is 0 Å². The van der Waals surface area contributed by atoms with Gasteiger partial charge in [0.25, 0.3) is 5.56 Å². The van der Waals surface area contributed by atoms with Crippen LogP contribution in [0, 0.1) is 6.92 Å². The fourth-order valence-electron chi connectivity index (χ4n) is 1.32. The molecule has 0 aliphatic carbocycles. The molecule has 1 aromatic heterocycles. The van der Waals surface area contributed by atoms with Crippen LogP contribution in [0.4, 0.5) is 4.79 Å². The zero-order valence-corrected chi connectivity index (χ0v) is 11.6. The first kappa shape index (κ1) is 14.6. The second-order valence-electron chi connectivity index (χ2n) is 4.96. The van der Waals surface area contributed by atoms with Crippen LogP contribution in [0.25, 0.3) is 0 Å². The SMILES string of the molecule is Cc1cc(Cl)c(CNC(=O)OC(C)(C)C)c(=O)[nH]1. The summed E-state index contributed by atoms with van der Waals surface area (Å²) < 4.78 is 5.06. The lowest BCUT2D eigenvalue weighted by Crippen LogP contribution is -2.33. The van der Waals surface area contributed by atoms with Crippen LogP contribution < -0.4 is 10.9 Å². The first-order chi connectivity index (χ1) is 8.19. The van der Waals surface area contributed by atoms with Gasteiger partial charge in [0.1, 0.15) is 5.60 Å². The molecule has 1 aromatic rings. The summed E-state index contributed by atoms with van der Waals surface area (Å²) in [4.78, 5) is 25.7. The Morgan fingerprint density at radius 2 is 2.11 bits per heavy atom. The van der Waals surface area contributed by atoms with Gasteiger partial charge in [0, 0.05) is 5.69 Å². The normalized spacial score (nSPS) is 11.2. The molecule has 0 aromatic carbocycles. The minimum atomic E-state index is -0.585. The Hall–Kier alpha value is -1.49. The van der Waals surface area contributed by atoms with Crippen molar-refractivity contribution in [2.24, 2.45) is 0 Å². The lowest BCUT2D eigenvalue weighted by Gasteiger charge is -2.19. The highest BCUT2D eigenvalue weighted by Crippen LogP contribution is 2.12. The number of pyridine rings is 1. The number of carbonyl (C=O) groups is 1. The Kier molecular flexibility index (Phi) is 4.40. The van der Waals surface area contributed by atoms with E-state index in [0.29, 0.717) is 16.3 Å². The molecule has 2 N–H and O–H groups in total. The van der Waals surface area contributed by atoms with Crippen LogP contribution in [0.3, 0.4) is 0 Å². The van der Waals surface area contributed by atoms with Gasteiger partial charge in [-0.3, -0.25) is 4.79 Å². The highest BCUT2D eigenvalue weighted by Gasteiger charge is 2.16. The fraction of sp³-hybridized carbons (Fsp3) is 0.500. The number of alkyl carbamates (subject to hydrolysis) is 1. The number of amides is 1. The van der Waals surface area contributed by atoms with E-state index in [0.717, 1.165) is 0 Å². The van der Waals surface area contributed by atoms with E-state index in [1.54, 1.807) is 33.8 Å². The molecule has 1 heterocycles. The molecule has 1 rings (SSSR count). The summed E-state index contributed by atoms with van der Waals surface area (Å²) in [5.74, 6) is 0. The van der Waals surface area contributed by atoms with Crippen molar-refractivity contribution in [1.29, 1.82) is 0 Å². The Bertz CT molecular complexity index is 503. The van der Waals surface area contributed by atoms with Crippen LogP contribution in [-0.2, 0) is 11.3 Å². The number of hydrogen-bond donors (Lipinski definition) is 2. The summed E-state index contributed by atoms with van der Waals surface area (Å²) in [5.41, 5.74) is 0.100. The topological polar surface area (TPSA) is 71.2 Å². The van der Waals surface area contributed by atoms with Crippen LogP contribution in [0.5, 0.6) is 0 Å². The molecule has 0 aliphatic rings. The molecule has 6 heteroatoms. The smallest absolute Gasteiger partial charge is 0.407 e. The molecule has 5 nitrogen and oxygen atoms in total. The van der Waals surface area contributed by atoms with Gasteiger partial charge in [-0.25, -0.2) is 4.79 Å². The van der Waals surface area contributed by atoms with Gasteiger partial charge in [0.15, 0.2) is 0 Å². The number of aryl methyl sites for hydroxylation is 1. The highest BCUT2D eigenvalue weighted by atomic mass is 35.5. The first-order valence-corrected chi connectivity index (χ1v) is 5.92. The Labute approximate surface area is 110 Å². The monoisotopic (exact) mass is 272 g/mol. The van der Waals surface area contributed by atoms with Gasteiger partial charge in [-0.1, -0.05) is 11.6 Å². The molecule has 0 fully saturated rings. The molecule has 0 aliphatic heterocycles. The minimum Gasteiger partial charge on any atom is -0.444 e. The summed E-state index contributed by atoms with van der Waals surface area (Å²) in [6.45, 7) is 7.05. The average molecular weight is 273 g/mol. The van der Waals surface area contributed by atoms with Crippen molar-refractivity contribution in [2.45, 2.75) is 39.8 Å². The minimum absolute atomic E-state index is 0.0311. The second-order valence-corrected chi connectivity index (χ2v) is 5.37.